The highest BCUT2D eigenvalue weighted by atomic mass is 16.5. The van der Waals surface area contributed by atoms with Gasteiger partial charge in [0.25, 0.3) is 0 Å². The van der Waals surface area contributed by atoms with Gasteiger partial charge in [-0.3, -0.25) is 4.99 Å². The van der Waals surface area contributed by atoms with E-state index in [9.17, 15) is 4.79 Å². The molecular weight excluding hydrogens is 356 g/mol. The van der Waals surface area contributed by atoms with Crippen molar-refractivity contribution in [2.75, 3.05) is 45.2 Å². The first-order chi connectivity index (χ1) is 13.7. The minimum Gasteiger partial charge on any atom is -0.497 e. The van der Waals surface area contributed by atoms with Crippen molar-refractivity contribution in [3.05, 3.63) is 36.2 Å². The van der Waals surface area contributed by atoms with E-state index in [2.05, 4.69) is 33.1 Å². The van der Waals surface area contributed by atoms with Gasteiger partial charge in [-0.15, -0.1) is 0 Å². The molecule has 3 aliphatic heterocycles. The molecule has 8 nitrogen and oxygen atoms in total. The van der Waals surface area contributed by atoms with Crippen molar-refractivity contribution in [3.63, 3.8) is 0 Å². The Hall–Kier alpha value is -3.03. The Balaban J connectivity index is 1.32. The zero-order valence-electron chi connectivity index (χ0n) is 16.3. The highest BCUT2D eigenvalue weighted by molar-refractivity contribution is 6.03. The Morgan fingerprint density at radius 3 is 2.64 bits per heavy atom. The molecule has 1 aromatic carbocycles. The number of hydrogen-bond donors (Lipinski definition) is 1. The maximum Gasteiger partial charge on any atom is 0.321 e. The van der Waals surface area contributed by atoms with Gasteiger partial charge < -0.3 is 24.8 Å². The number of hydrogen-bond acceptors (Lipinski definition) is 6. The largest absolute Gasteiger partial charge is 0.497 e. The van der Waals surface area contributed by atoms with E-state index in [4.69, 9.17) is 9.73 Å². The van der Waals surface area contributed by atoms with Crippen molar-refractivity contribution in [1.29, 1.82) is 0 Å². The van der Waals surface area contributed by atoms with E-state index in [1.807, 2.05) is 35.5 Å². The van der Waals surface area contributed by atoms with Gasteiger partial charge in [-0.25, -0.2) is 9.79 Å². The summed E-state index contributed by atoms with van der Waals surface area (Å²) in [7, 11) is 1.62. The summed E-state index contributed by atoms with van der Waals surface area (Å²) >= 11 is 0. The molecule has 1 N–H and O–H groups in total. The lowest BCUT2D eigenvalue weighted by molar-refractivity contribution is 0.167. The fourth-order valence-corrected chi connectivity index (χ4v) is 3.54. The second kappa shape index (κ2) is 7.92. The van der Waals surface area contributed by atoms with Gasteiger partial charge in [0.2, 0.25) is 0 Å². The number of urea groups is 1. The quantitative estimate of drug-likeness (QED) is 0.867. The van der Waals surface area contributed by atoms with Crippen LogP contribution in [0.3, 0.4) is 0 Å². The van der Waals surface area contributed by atoms with Crippen LogP contribution in [-0.4, -0.2) is 78.8 Å². The van der Waals surface area contributed by atoms with Crippen LogP contribution in [0.1, 0.15) is 13.3 Å². The number of nitrogens with one attached hydrogen (secondary N) is 1. The Kier molecular flexibility index (Phi) is 5.18. The lowest BCUT2D eigenvalue weighted by Gasteiger charge is -2.36. The van der Waals surface area contributed by atoms with E-state index in [0.29, 0.717) is 19.1 Å². The molecular formula is C20H26N6O2. The first-order valence-electron chi connectivity index (χ1n) is 9.71. The van der Waals surface area contributed by atoms with Crippen LogP contribution >= 0.6 is 0 Å². The third-order valence-corrected chi connectivity index (χ3v) is 5.31. The molecule has 2 amide bonds. The van der Waals surface area contributed by atoms with Crippen molar-refractivity contribution < 1.29 is 9.53 Å². The molecule has 0 spiro atoms. The first-order valence-corrected chi connectivity index (χ1v) is 9.71. The molecule has 4 rings (SSSR count). The zero-order valence-corrected chi connectivity index (χ0v) is 16.3. The highest BCUT2D eigenvalue weighted by Gasteiger charge is 2.27. The molecule has 0 aromatic heterocycles. The number of amides is 2. The van der Waals surface area contributed by atoms with Crippen LogP contribution in [0.25, 0.3) is 0 Å². The number of piperazine rings is 1. The Morgan fingerprint density at radius 2 is 1.96 bits per heavy atom. The maximum atomic E-state index is 12.5. The summed E-state index contributed by atoms with van der Waals surface area (Å²) in [5, 5.41) is 2.94. The highest BCUT2D eigenvalue weighted by Crippen LogP contribution is 2.20. The van der Waals surface area contributed by atoms with Gasteiger partial charge in [0, 0.05) is 44.5 Å². The monoisotopic (exact) mass is 382 g/mol. The lowest BCUT2D eigenvalue weighted by Crippen LogP contribution is -2.49. The number of anilines is 1. The molecule has 148 valence electrons. The average molecular weight is 382 g/mol. The van der Waals surface area contributed by atoms with Gasteiger partial charge >= 0.3 is 6.03 Å². The number of amidine groups is 1. The number of methoxy groups -OCH3 is 1. The van der Waals surface area contributed by atoms with Crippen LogP contribution < -0.4 is 10.1 Å². The Labute approximate surface area is 165 Å². The first kappa shape index (κ1) is 18.3. The number of carbonyl (C=O) groups is 1. The van der Waals surface area contributed by atoms with Crippen LogP contribution in [0.15, 0.2) is 46.1 Å². The summed E-state index contributed by atoms with van der Waals surface area (Å²) in [5.41, 5.74) is 0.762. The van der Waals surface area contributed by atoms with E-state index < -0.39 is 0 Å². The molecule has 0 aliphatic carbocycles. The van der Waals surface area contributed by atoms with Crippen molar-refractivity contribution in [2.24, 2.45) is 9.98 Å². The predicted octanol–water partition coefficient (Wildman–Crippen LogP) is 2.22. The van der Waals surface area contributed by atoms with Crippen LogP contribution in [0, 0.1) is 0 Å². The minimum atomic E-state index is -0.0805. The van der Waals surface area contributed by atoms with Gasteiger partial charge in [-0.05, 0) is 30.7 Å². The third-order valence-electron chi connectivity index (χ3n) is 5.31. The van der Waals surface area contributed by atoms with Crippen molar-refractivity contribution in [3.8, 4) is 5.75 Å². The van der Waals surface area contributed by atoms with Crippen LogP contribution in [0.4, 0.5) is 10.5 Å². The Morgan fingerprint density at radius 1 is 1.21 bits per heavy atom. The molecule has 3 aliphatic rings. The molecule has 1 aromatic rings. The normalized spacial score (nSPS) is 21.2. The Bertz CT molecular complexity index is 808. The molecule has 1 atom stereocenters. The molecule has 28 heavy (non-hydrogen) atoms. The van der Waals surface area contributed by atoms with Crippen molar-refractivity contribution >= 4 is 23.9 Å². The van der Waals surface area contributed by atoms with Crippen LogP contribution in [-0.2, 0) is 0 Å². The second-order valence-electron chi connectivity index (χ2n) is 7.08. The number of rotatable bonds is 4. The average Bonchev–Trinajstić information content (AvgIpc) is 3.17. The van der Waals surface area contributed by atoms with E-state index in [0.717, 1.165) is 49.1 Å². The zero-order chi connectivity index (χ0) is 19.5. The molecule has 8 heteroatoms. The number of aliphatic imine (C=N–C) groups is 2. The molecule has 3 heterocycles. The van der Waals surface area contributed by atoms with Gasteiger partial charge in [0.1, 0.15) is 17.4 Å². The van der Waals surface area contributed by atoms with E-state index in [-0.39, 0.29) is 6.03 Å². The van der Waals surface area contributed by atoms with Crippen LogP contribution in [0.5, 0.6) is 5.75 Å². The summed E-state index contributed by atoms with van der Waals surface area (Å²) in [6, 6.07) is 7.62. The number of carbonyl (C=O) groups excluding carboxylic acids is 1. The number of nitrogens with zero attached hydrogens (tertiary/aromatic N) is 5. The summed E-state index contributed by atoms with van der Waals surface area (Å²) < 4.78 is 5.14. The SMILES string of the molecule is CC[C@H]1CN2C=NC(N3CCN(C(=O)Nc4ccc(OC)cc4)CC3)=CC2=N1. The second-order valence-corrected chi connectivity index (χ2v) is 7.08. The molecule has 0 saturated carbocycles. The summed E-state index contributed by atoms with van der Waals surface area (Å²) in [4.78, 5) is 28.0. The third kappa shape index (κ3) is 3.81. The van der Waals surface area contributed by atoms with Gasteiger partial charge in [-0.2, -0.15) is 0 Å². The van der Waals surface area contributed by atoms with Gasteiger partial charge in [0.15, 0.2) is 0 Å². The lowest BCUT2D eigenvalue weighted by atomic mass is 10.2. The number of ether oxygens (including phenoxy) is 1. The number of fused-ring (bicyclic) bond motifs is 1. The van der Waals surface area contributed by atoms with Crippen molar-refractivity contribution in [2.45, 2.75) is 19.4 Å². The topological polar surface area (TPSA) is 72.8 Å². The molecule has 1 fully saturated rings. The fourth-order valence-electron chi connectivity index (χ4n) is 3.54. The van der Waals surface area contributed by atoms with E-state index in [1.165, 1.54) is 0 Å². The van der Waals surface area contributed by atoms with E-state index >= 15 is 0 Å². The summed E-state index contributed by atoms with van der Waals surface area (Å²) in [6.07, 6.45) is 4.98. The minimum absolute atomic E-state index is 0.0805. The molecule has 0 unspecified atom stereocenters. The maximum absolute atomic E-state index is 12.5. The van der Waals surface area contributed by atoms with Crippen LogP contribution in [0.2, 0.25) is 0 Å². The molecule has 0 radical (unpaired) electrons. The van der Waals surface area contributed by atoms with Gasteiger partial charge in [0.05, 0.1) is 19.5 Å². The number of benzene rings is 1. The predicted molar refractivity (Wildman–Crippen MR) is 110 cm³/mol. The summed E-state index contributed by atoms with van der Waals surface area (Å²) in [6.45, 7) is 5.89. The standard InChI is InChI=1S/C20H26N6O2/c1-3-15-13-26-14-21-18(12-19(26)22-15)24-8-10-25(11-9-24)20(27)23-16-4-6-17(28-2)7-5-16/h4-7,12,14-15H,3,8-11,13H2,1-2H3,(H,23,27)/t15-/m0/s1. The van der Waals surface area contributed by atoms with Crippen molar-refractivity contribution in [1.82, 2.24) is 14.7 Å². The smallest absolute Gasteiger partial charge is 0.321 e. The van der Waals surface area contributed by atoms with Gasteiger partial charge in [-0.1, -0.05) is 6.92 Å². The fraction of sp³-hybridized carbons (Fsp3) is 0.450. The summed E-state index contributed by atoms with van der Waals surface area (Å²) in [5.74, 6) is 2.70. The molecule has 0 bridgehead atoms. The van der Waals surface area contributed by atoms with E-state index in [1.54, 1.807) is 7.11 Å². The molecule has 1 saturated heterocycles.